The van der Waals surface area contributed by atoms with Crippen LogP contribution in [0.25, 0.3) is 22.1 Å². The molecule has 2 aromatic heterocycles. The summed E-state index contributed by atoms with van der Waals surface area (Å²) in [7, 11) is 0. The fraction of sp³-hybridized carbons (Fsp3) is 0. The highest BCUT2D eigenvalue weighted by Gasteiger charge is 2.08. The van der Waals surface area contributed by atoms with Gasteiger partial charge in [-0.3, -0.25) is 4.79 Å². The molecule has 120 valence electrons. The van der Waals surface area contributed by atoms with Gasteiger partial charge in [0.15, 0.2) is 18.0 Å². The maximum absolute atomic E-state index is 12.9. The van der Waals surface area contributed by atoms with Crippen LogP contribution in [0.5, 0.6) is 0 Å². The predicted octanol–water partition coefficient (Wildman–Crippen LogP) is 3.88. The van der Waals surface area contributed by atoms with Crippen molar-refractivity contribution in [3.63, 3.8) is 0 Å². The van der Waals surface area contributed by atoms with E-state index in [1.807, 2.05) is 18.2 Å². The number of rotatable bonds is 3. The third-order valence-corrected chi connectivity index (χ3v) is 3.64. The minimum atomic E-state index is -0.569. The van der Waals surface area contributed by atoms with Gasteiger partial charge in [0, 0.05) is 17.1 Å². The number of benzene rings is 1. The molecular formula is C19H10FN3O2. The lowest BCUT2D eigenvalue weighted by molar-refractivity contribution is 0.102. The molecule has 4 rings (SSSR count). The highest BCUT2D eigenvalue weighted by Crippen LogP contribution is 2.25. The summed E-state index contributed by atoms with van der Waals surface area (Å²) in [5.41, 5.74) is 1.05. The number of hydrogen-bond donors (Lipinski definition) is 1. The van der Waals surface area contributed by atoms with E-state index in [9.17, 15) is 9.18 Å². The zero-order valence-corrected chi connectivity index (χ0v) is 12.8. The molecule has 2 aromatic carbocycles. The van der Waals surface area contributed by atoms with Crippen molar-refractivity contribution in [2.45, 2.75) is 0 Å². The Hall–Kier alpha value is -3.72. The Morgan fingerprint density at radius 1 is 1.08 bits per heavy atom. The Morgan fingerprint density at radius 2 is 2.00 bits per heavy atom. The number of amides is 1. The molecule has 0 aliphatic heterocycles. The van der Waals surface area contributed by atoms with Crippen LogP contribution in [0, 0.1) is 17.9 Å². The number of pyridine rings is 1. The number of nitrogens with one attached hydrogen (secondary N) is 1. The maximum Gasteiger partial charge on any atom is 0.265 e. The number of aromatic nitrogens is 2. The zero-order valence-electron chi connectivity index (χ0n) is 12.8. The van der Waals surface area contributed by atoms with Crippen molar-refractivity contribution in [3.05, 3.63) is 78.7 Å². The van der Waals surface area contributed by atoms with E-state index in [0.29, 0.717) is 11.6 Å². The van der Waals surface area contributed by atoms with E-state index in [1.54, 1.807) is 18.5 Å². The van der Waals surface area contributed by atoms with Gasteiger partial charge in [-0.25, -0.2) is 9.97 Å². The standard InChI is InChI=1S/C19H10FN3O2/c20-16-5-3-12(4-6-16)19(24)23-18-8-15-7-13(17-10-21-11-25-17)1-2-14(15)9-22-18/h1-3,5,7-11H,(H,22,23,24). The minimum Gasteiger partial charge on any atom is -0.444 e. The number of nitrogens with zero attached hydrogens (tertiary/aromatic N) is 2. The van der Waals surface area contributed by atoms with Gasteiger partial charge in [0.25, 0.3) is 5.91 Å². The van der Waals surface area contributed by atoms with Crippen LogP contribution in [-0.2, 0) is 0 Å². The second kappa shape index (κ2) is 6.06. The van der Waals surface area contributed by atoms with E-state index in [-0.39, 0.29) is 5.56 Å². The molecule has 0 aliphatic rings. The van der Waals surface area contributed by atoms with Gasteiger partial charge < -0.3 is 9.73 Å². The summed E-state index contributed by atoms with van der Waals surface area (Å²) in [6.45, 7) is 0. The summed E-state index contributed by atoms with van der Waals surface area (Å²) in [4.78, 5) is 20.3. The molecule has 0 aliphatic carbocycles. The molecule has 0 saturated heterocycles. The SMILES string of the molecule is O=C(Nc1cc2cc(-c3cnco3)ccc2cn1)c1c#cc(F)cc1. The van der Waals surface area contributed by atoms with Gasteiger partial charge in [-0.2, -0.15) is 4.39 Å². The van der Waals surface area contributed by atoms with Gasteiger partial charge in [-0.15, -0.1) is 0 Å². The molecule has 1 N–H and O–H groups in total. The Kier molecular flexibility index (Phi) is 3.60. The van der Waals surface area contributed by atoms with E-state index < -0.39 is 11.7 Å². The topological polar surface area (TPSA) is 68.0 Å². The summed E-state index contributed by atoms with van der Waals surface area (Å²) in [5.74, 6) is 0.0282. The van der Waals surface area contributed by atoms with Crippen LogP contribution < -0.4 is 5.32 Å². The van der Waals surface area contributed by atoms with E-state index in [1.165, 1.54) is 12.5 Å². The Labute approximate surface area is 142 Å². The molecule has 6 heteroatoms. The Bertz CT molecular complexity index is 1040. The number of anilines is 1. The highest BCUT2D eigenvalue weighted by molar-refractivity contribution is 6.04. The van der Waals surface area contributed by atoms with Crippen LogP contribution in [-0.4, -0.2) is 15.9 Å². The van der Waals surface area contributed by atoms with Crippen molar-refractivity contribution in [3.8, 4) is 11.3 Å². The lowest BCUT2D eigenvalue weighted by Crippen LogP contribution is -2.12. The Morgan fingerprint density at radius 3 is 2.76 bits per heavy atom. The van der Waals surface area contributed by atoms with Crippen LogP contribution >= 0.6 is 0 Å². The molecule has 0 fully saturated rings. The molecule has 2 heterocycles. The molecule has 0 radical (unpaired) electrons. The first-order chi connectivity index (χ1) is 12.2. The van der Waals surface area contributed by atoms with E-state index in [0.717, 1.165) is 22.4 Å². The monoisotopic (exact) mass is 331 g/mol. The van der Waals surface area contributed by atoms with E-state index >= 15 is 0 Å². The minimum absolute atomic E-state index is 0.179. The van der Waals surface area contributed by atoms with Crippen LogP contribution in [0.3, 0.4) is 0 Å². The van der Waals surface area contributed by atoms with Gasteiger partial charge in [-0.1, -0.05) is 18.2 Å². The van der Waals surface area contributed by atoms with Crippen LogP contribution in [0.1, 0.15) is 10.4 Å². The van der Waals surface area contributed by atoms with Crippen molar-refractivity contribution in [2.75, 3.05) is 5.32 Å². The van der Waals surface area contributed by atoms with Crippen LogP contribution in [0.4, 0.5) is 10.2 Å². The van der Waals surface area contributed by atoms with Crippen molar-refractivity contribution in [2.24, 2.45) is 0 Å². The molecule has 4 aromatic rings. The van der Waals surface area contributed by atoms with Gasteiger partial charge in [0.05, 0.1) is 11.8 Å². The molecule has 5 nitrogen and oxygen atoms in total. The first-order valence-electron chi connectivity index (χ1n) is 7.38. The second-order valence-electron chi connectivity index (χ2n) is 5.30. The number of oxazole rings is 1. The largest absolute Gasteiger partial charge is 0.444 e. The van der Waals surface area contributed by atoms with Gasteiger partial charge in [0.1, 0.15) is 5.82 Å². The number of carbonyl (C=O) groups is 1. The first kappa shape index (κ1) is 14.8. The second-order valence-corrected chi connectivity index (χ2v) is 5.30. The number of hydrogen-bond acceptors (Lipinski definition) is 4. The summed E-state index contributed by atoms with van der Waals surface area (Å²) < 4.78 is 18.2. The van der Waals surface area contributed by atoms with Crippen molar-refractivity contribution >= 4 is 22.5 Å². The quantitative estimate of drug-likeness (QED) is 0.618. The molecule has 0 atom stereocenters. The van der Waals surface area contributed by atoms with Gasteiger partial charge >= 0.3 is 0 Å². The van der Waals surface area contributed by atoms with Crippen molar-refractivity contribution in [1.82, 2.24) is 9.97 Å². The predicted molar refractivity (Wildman–Crippen MR) is 89.3 cm³/mol. The average molecular weight is 331 g/mol. The number of carbonyl (C=O) groups excluding carboxylic acids is 1. The molecule has 0 spiro atoms. The summed E-state index contributed by atoms with van der Waals surface area (Å²) in [6.07, 6.45) is 4.66. The summed E-state index contributed by atoms with van der Waals surface area (Å²) in [6, 6.07) is 14.7. The fourth-order valence-electron chi connectivity index (χ4n) is 2.40. The third kappa shape index (κ3) is 3.03. The lowest BCUT2D eigenvalue weighted by atomic mass is 10.1. The first-order valence-corrected chi connectivity index (χ1v) is 7.38. The molecular weight excluding hydrogens is 321 g/mol. The number of halogens is 1. The average Bonchev–Trinajstić information content (AvgIpc) is 3.16. The van der Waals surface area contributed by atoms with E-state index in [4.69, 9.17) is 4.42 Å². The fourth-order valence-corrected chi connectivity index (χ4v) is 2.40. The van der Waals surface area contributed by atoms with Crippen molar-refractivity contribution < 1.29 is 13.6 Å². The van der Waals surface area contributed by atoms with Gasteiger partial charge in [-0.05, 0) is 35.7 Å². The molecule has 0 bridgehead atoms. The van der Waals surface area contributed by atoms with E-state index in [2.05, 4.69) is 27.4 Å². The molecule has 0 unspecified atom stereocenters. The lowest BCUT2D eigenvalue weighted by Gasteiger charge is -2.06. The summed E-state index contributed by atoms with van der Waals surface area (Å²) in [5, 5.41) is 4.47. The zero-order chi connectivity index (χ0) is 17.2. The summed E-state index contributed by atoms with van der Waals surface area (Å²) >= 11 is 0. The highest BCUT2D eigenvalue weighted by atomic mass is 19.1. The normalized spacial score (nSPS) is 10.4. The van der Waals surface area contributed by atoms with Crippen LogP contribution in [0.15, 0.2) is 59.6 Å². The molecule has 0 saturated carbocycles. The smallest absolute Gasteiger partial charge is 0.265 e. The maximum atomic E-state index is 12.9. The molecule has 25 heavy (non-hydrogen) atoms. The van der Waals surface area contributed by atoms with Gasteiger partial charge in [0.2, 0.25) is 0 Å². The molecule has 1 amide bonds. The van der Waals surface area contributed by atoms with Crippen LogP contribution in [0.2, 0.25) is 0 Å². The Balaban J connectivity index is 1.63. The third-order valence-electron chi connectivity index (χ3n) is 3.64. The van der Waals surface area contributed by atoms with Crippen molar-refractivity contribution in [1.29, 1.82) is 0 Å². The number of fused-ring (bicyclic) bond motifs is 1.